The highest BCUT2D eigenvalue weighted by molar-refractivity contribution is 5.84. The molecule has 1 fully saturated rings. The van der Waals surface area contributed by atoms with Crippen LogP contribution in [0.1, 0.15) is 30.3 Å². The van der Waals surface area contributed by atoms with E-state index in [9.17, 15) is 14.7 Å². The summed E-state index contributed by atoms with van der Waals surface area (Å²) in [6.07, 6.45) is -1.05. The second kappa shape index (κ2) is 4.35. The number of aliphatic carboxylic acids is 1. The van der Waals surface area contributed by atoms with Gasteiger partial charge in [0.1, 0.15) is 11.8 Å². The van der Waals surface area contributed by atoms with Crippen LogP contribution in [0.5, 0.6) is 0 Å². The van der Waals surface area contributed by atoms with Crippen molar-refractivity contribution in [3.05, 3.63) is 35.4 Å². The molecule has 0 unspecified atom stereocenters. The van der Waals surface area contributed by atoms with Crippen molar-refractivity contribution in [2.24, 2.45) is 11.8 Å². The number of hydrogen-bond donors (Lipinski definition) is 1. The minimum absolute atomic E-state index is 0.237. The van der Waals surface area contributed by atoms with Gasteiger partial charge >= 0.3 is 11.9 Å². The molecule has 0 spiro atoms. The maximum absolute atomic E-state index is 12.0. The van der Waals surface area contributed by atoms with E-state index in [-0.39, 0.29) is 6.61 Å². The van der Waals surface area contributed by atoms with Gasteiger partial charge in [-0.25, -0.2) is 0 Å². The van der Waals surface area contributed by atoms with Crippen LogP contribution in [0.3, 0.4) is 0 Å². The van der Waals surface area contributed by atoms with E-state index in [0.29, 0.717) is 0 Å². The van der Waals surface area contributed by atoms with Gasteiger partial charge in [0, 0.05) is 0 Å². The lowest BCUT2D eigenvalue weighted by atomic mass is 9.76. The monoisotopic (exact) mass is 262 g/mol. The number of rotatable bonds is 3. The number of ether oxygens (including phenoxy) is 2. The molecule has 1 aromatic carbocycles. The summed E-state index contributed by atoms with van der Waals surface area (Å²) in [4.78, 5) is 23.4. The molecular weight excluding hydrogens is 248 g/mol. The highest BCUT2D eigenvalue weighted by Gasteiger charge is 2.58. The van der Waals surface area contributed by atoms with Gasteiger partial charge in [0.05, 0.1) is 18.8 Å². The van der Waals surface area contributed by atoms with Crippen molar-refractivity contribution in [3.63, 3.8) is 0 Å². The fourth-order valence-electron chi connectivity index (χ4n) is 3.06. The van der Waals surface area contributed by atoms with Gasteiger partial charge in [-0.1, -0.05) is 24.3 Å². The number of hydrogen-bond acceptors (Lipinski definition) is 4. The van der Waals surface area contributed by atoms with Gasteiger partial charge in [0.2, 0.25) is 0 Å². The Hall–Kier alpha value is -1.88. The number of carbonyl (C=O) groups is 2. The van der Waals surface area contributed by atoms with Crippen molar-refractivity contribution in [2.75, 3.05) is 6.61 Å². The third-order valence-electron chi connectivity index (χ3n) is 3.79. The summed E-state index contributed by atoms with van der Waals surface area (Å²) in [5.41, 5.74) is 1.78. The highest BCUT2D eigenvalue weighted by Crippen LogP contribution is 2.57. The second-order valence-corrected chi connectivity index (χ2v) is 4.75. The van der Waals surface area contributed by atoms with Crippen LogP contribution >= 0.6 is 0 Å². The summed E-state index contributed by atoms with van der Waals surface area (Å²) in [5.74, 6) is -3.12. The summed E-state index contributed by atoms with van der Waals surface area (Å²) in [7, 11) is 0. The average Bonchev–Trinajstić information content (AvgIpc) is 2.95. The summed E-state index contributed by atoms with van der Waals surface area (Å²) >= 11 is 0. The van der Waals surface area contributed by atoms with Crippen LogP contribution in [-0.4, -0.2) is 23.7 Å². The SMILES string of the molecule is CCOC(=O)[C@H]1[C@H](C(=O)O)[C@@H]2O[C@H]1c1ccccc12. The lowest BCUT2D eigenvalue weighted by Gasteiger charge is -2.25. The van der Waals surface area contributed by atoms with E-state index < -0.39 is 36.0 Å². The van der Waals surface area contributed by atoms with Crippen LogP contribution < -0.4 is 0 Å². The van der Waals surface area contributed by atoms with E-state index in [1.165, 1.54) is 0 Å². The Morgan fingerprint density at radius 1 is 1.21 bits per heavy atom. The van der Waals surface area contributed by atoms with Crippen molar-refractivity contribution in [3.8, 4) is 0 Å². The first-order valence-electron chi connectivity index (χ1n) is 6.29. The van der Waals surface area contributed by atoms with E-state index in [4.69, 9.17) is 9.47 Å². The largest absolute Gasteiger partial charge is 0.481 e. The van der Waals surface area contributed by atoms with Crippen molar-refractivity contribution in [2.45, 2.75) is 19.1 Å². The van der Waals surface area contributed by atoms with Gasteiger partial charge < -0.3 is 14.6 Å². The molecule has 1 aromatic rings. The third kappa shape index (κ3) is 1.65. The molecule has 4 atom stereocenters. The predicted octanol–water partition coefficient (Wildman–Crippen LogP) is 1.69. The van der Waals surface area contributed by atoms with E-state index in [2.05, 4.69) is 0 Å². The van der Waals surface area contributed by atoms with Gasteiger partial charge in [-0.2, -0.15) is 0 Å². The number of benzene rings is 1. The van der Waals surface area contributed by atoms with Crippen molar-refractivity contribution in [1.29, 1.82) is 0 Å². The molecule has 0 radical (unpaired) electrons. The van der Waals surface area contributed by atoms with Crippen LogP contribution in [0.4, 0.5) is 0 Å². The lowest BCUT2D eigenvalue weighted by Crippen LogP contribution is -2.35. The molecule has 2 heterocycles. The van der Waals surface area contributed by atoms with Crippen LogP contribution in [0.25, 0.3) is 0 Å². The second-order valence-electron chi connectivity index (χ2n) is 4.75. The van der Waals surface area contributed by atoms with Crippen molar-refractivity contribution in [1.82, 2.24) is 0 Å². The molecule has 3 rings (SSSR count). The Balaban J connectivity index is 2.02. The maximum atomic E-state index is 12.0. The lowest BCUT2D eigenvalue weighted by molar-refractivity contribution is -0.157. The van der Waals surface area contributed by atoms with Gasteiger partial charge in [-0.15, -0.1) is 0 Å². The zero-order chi connectivity index (χ0) is 13.6. The third-order valence-corrected chi connectivity index (χ3v) is 3.79. The van der Waals surface area contributed by atoms with Crippen LogP contribution in [-0.2, 0) is 19.1 Å². The Bertz CT molecular complexity index is 538. The highest BCUT2D eigenvalue weighted by atomic mass is 16.5. The zero-order valence-corrected chi connectivity index (χ0v) is 10.4. The number of carboxylic acid groups (broad SMARTS) is 1. The molecule has 0 amide bonds. The van der Waals surface area contributed by atoms with Gasteiger partial charge in [0.15, 0.2) is 0 Å². The quantitative estimate of drug-likeness (QED) is 0.839. The fourth-order valence-corrected chi connectivity index (χ4v) is 3.06. The normalized spacial score (nSPS) is 31.0. The Kier molecular flexibility index (Phi) is 2.78. The molecular formula is C14H14O5. The van der Waals surface area contributed by atoms with E-state index in [1.54, 1.807) is 6.92 Å². The van der Waals surface area contributed by atoms with Crippen LogP contribution in [0.2, 0.25) is 0 Å². The molecule has 2 bridgehead atoms. The van der Waals surface area contributed by atoms with Crippen molar-refractivity contribution < 1.29 is 24.2 Å². The smallest absolute Gasteiger partial charge is 0.312 e. The molecule has 5 nitrogen and oxygen atoms in total. The fraction of sp³-hybridized carbons (Fsp3) is 0.429. The molecule has 19 heavy (non-hydrogen) atoms. The first kappa shape index (κ1) is 12.2. The van der Waals surface area contributed by atoms with Gasteiger partial charge in [0.25, 0.3) is 0 Å². The van der Waals surface area contributed by atoms with Gasteiger partial charge in [-0.05, 0) is 18.1 Å². The van der Waals surface area contributed by atoms with E-state index in [0.717, 1.165) is 11.1 Å². The number of esters is 1. The average molecular weight is 262 g/mol. The van der Waals surface area contributed by atoms with Crippen LogP contribution in [0.15, 0.2) is 24.3 Å². The molecule has 1 N–H and O–H groups in total. The molecule has 0 aromatic heterocycles. The van der Waals surface area contributed by atoms with E-state index in [1.807, 2.05) is 24.3 Å². The number of carbonyl (C=O) groups excluding carboxylic acids is 1. The van der Waals surface area contributed by atoms with Crippen LogP contribution in [0, 0.1) is 11.8 Å². The molecule has 100 valence electrons. The zero-order valence-electron chi connectivity index (χ0n) is 10.4. The van der Waals surface area contributed by atoms with Crippen molar-refractivity contribution >= 4 is 11.9 Å². The molecule has 0 aliphatic carbocycles. The Morgan fingerprint density at radius 2 is 1.79 bits per heavy atom. The number of fused-ring (bicyclic) bond motifs is 5. The summed E-state index contributed by atoms with van der Waals surface area (Å²) in [6.45, 7) is 1.94. The minimum atomic E-state index is -1.01. The molecule has 0 saturated carbocycles. The topological polar surface area (TPSA) is 72.8 Å². The Labute approximate surface area is 110 Å². The summed E-state index contributed by atoms with van der Waals surface area (Å²) in [5, 5.41) is 9.36. The molecule has 1 saturated heterocycles. The summed E-state index contributed by atoms with van der Waals surface area (Å²) in [6, 6.07) is 7.45. The standard InChI is InChI=1S/C14H14O5/c1-2-18-14(17)10-9(13(15)16)11-7-5-3-4-6-8(7)12(10)19-11/h3-6,9-12H,2H2,1H3,(H,15,16)/t9-,10-,11+,12-/m0/s1. The Morgan fingerprint density at radius 3 is 2.32 bits per heavy atom. The first-order valence-corrected chi connectivity index (χ1v) is 6.29. The number of carboxylic acids is 1. The van der Waals surface area contributed by atoms with E-state index >= 15 is 0 Å². The molecule has 2 aliphatic heterocycles. The predicted molar refractivity (Wildman–Crippen MR) is 64.3 cm³/mol. The minimum Gasteiger partial charge on any atom is -0.481 e. The first-order chi connectivity index (χ1) is 9.15. The summed E-state index contributed by atoms with van der Waals surface area (Å²) < 4.78 is 10.7. The molecule has 2 aliphatic rings. The van der Waals surface area contributed by atoms with Gasteiger partial charge in [-0.3, -0.25) is 9.59 Å². The maximum Gasteiger partial charge on any atom is 0.312 e. The molecule has 5 heteroatoms.